The number of aromatic hydroxyl groups is 1. The first-order valence-electron chi connectivity index (χ1n) is 8.80. The quantitative estimate of drug-likeness (QED) is 0.904. The summed E-state index contributed by atoms with van der Waals surface area (Å²) >= 11 is 0. The lowest BCUT2D eigenvalue weighted by Crippen LogP contribution is -2.48. The predicted octanol–water partition coefficient (Wildman–Crippen LogP) is 3.10. The normalized spacial score (nSPS) is 17.9. The van der Waals surface area contributed by atoms with Gasteiger partial charge in [0, 0.05) is 12.2 Å². The summed E-state index contributed by atoms with van der Waals surface area (Å²) in [5.74, 6) is 0.631. The van der Waals surface area contributed by atoms with Crippen LogP contribution in [0.25, 0.3) is 0 Å². The van der Waals surface area contributed by atoms with Gasteiger partial charge in [0.1, 0.15) is 5.75 Å². The Morgan fingerprint density at radius 1 is 1.28 bits per heavy atom. The van der Waals surface area contributed by atoms with Gasteiger partial charge >= 0.3 is 0 Å². The van der Waals surface area contributed by atoms with Gasteiger partial charge in [-0.1, -0.05) is 25.1 Å². The van der Waals surface area contributed by atoms with Crippen molar-refractivity contribution in [3.8, 4) is 5.75 Å². The molecule has 1 amide bonds. The van der Waals surface area contributed by atoms with Crippen LogP contribution in [0.4, 0.5) is 5.69 Å². The summed E-state index contributed by atoms with van der Waals surface area (Å²) in [5, 5.41) is 9.70. The highest BCUT2D eigenvalue weighted by molar-refractivity contribution is 5.98. The third kappa shape index (κ3) is 3.54. The van der Waals surface area contributed by atoms with E-state index in [9.17, 15) is 9.90 Å². The largest absolute Gasteiger partial charge is 0.508 e. The van der Waals surface area contributed by atoms with Crippen molar-refractivity contribution in [1.29, 1.82) is 0 Å². The smallest absolute Gasteiger partial charge is 0.244 e. The molecule has 0 saturated carbocycles. The van der Waals surface area contributed by atoms with E-state index in [0.29, 0.717) is 18.9 Å². The lowest BCUT2D eigenvalue weighted by molar-refractivity contribution is -0.120. The number of phenols is 1. The molecule has 3 rings (SSSR count). The number of rotatable bonds is 3. The number of carbonyl (C=O) groups excluding carboxylic acids is 1. The number of nitrogens with zero attached hydrogens (tertiary/aromatic N) is 1. The van der Waals surface area contributed by atoms with Gasteiger partial charge in [-0.15, -0.1) is 0 Å². The number of hydrogen-bond acceptors (Lipinski definition) is 3. The summed E-state index contributed by atoms with van der Waals surface area (Å²) in [4.78, 5) is 14.9. The SMILES string of the molecule is Cc1cc(O)cc(C)c1C[C@@H](N)C(=O)N1CC(C)Cc2ccccc21. The van der Waals surface area contributed by atoms with E-state index in [1.807, 2.05) is 36.9 Å². The highest BCUT2D eigenvalue weighted by atomic mass is 16.3. The first-order valence-corrected chi connectivity index (χ1v) is 8.80. The van der Waals surface area contributed by atoms with Crippen LogP contribution in [0.15, 0.2) is 36.4 Å². The highest BCUT2D eigenvalue weighted by Crippen LogP contribution is 2.30. The van der Waals surface area contributed by atoms with Crippen molar-refractivity contribution in [3.63, 3.8) is 0 Å². The number of nitrogens with two attached hydrogens (primary N) is 1. The number of anilines is 1. The molecule has 0 fully saturated rings. The average molecular weight is 338 g/mol. The fourth-order valence-electron chi connectivity index (χ4n) is 3.81. The molecule has 0 aromatic heterocycles. The summed E-state index contributed by atoms with van der Waals surface area (Å²) in [7, 11) is 0. The zero-order chi connectivity index (χ0) is 18.1. The molecule has 2 aromatic carbocycles. The summed E-state index contributed by atoms with van der Waals surface area (Å²) in [6.07, 6.45) is 1.47. The molecule has 132 valence electrons. The second-order valence-electron chi connectivity index (χ2n) is 7.26. The zero-order valence-electron chi connectivity index (χ0n) is 15.1. The van der Waals surface area contributed by atoms with Gasteiger partial charge in [0.15, 0.2) is 0 Å². The van der Waals surface area contributed by atoms with Gasteiger partial charge in [-0.3, -0.25) is 4.79 Å². The number of carbonyl (C=O) groups is 1. The molecular weight excluding hydrogens is 312 g/mol. The maximum absolute atomic E-state index is 13.1. The molecule has 25 heavy (non-hydrogen) atoms. The van der Waals surface area contributed by atoms with Crippen molar-refractivity contribution in [2.75, 3.05) is 11.4 Å². The monoisotopic (exact) mass is 338 g/mol. The second-order valence-corrected chi connectivity index (χ2v) is 7.26. The average Bonchev–Trinajstić information content (AvgIpc) is 2.56. The van der Waals surface area contributed by atoms with Crippen LogP contribution in [-0.4, -0.2) is 23.6 Å². The molecule has 4 nitrogen and oxygen atoms in total. The van der Waals surface area contributed by atoms with Crippen molar-refractivity contribution in [3.05, 3.63) is 58.7 Å². The van der Waals surface area contributed by atoms with E-state index < -0.39 is 6.04 Å². The van der Waals surface area contributed by atoms with Crippen LogP contribution in [0.5, 0.6) is 5.75 Å². The Morgan fingerprint density at radius 2 is 1.92 bits per heavy atom. The third-order valence-corrected chi connectivity index (χ3v) is 5.03. The number of aryl methyl sites for hydroxylation is 2. The zero-order valence-corrected chi connectivity index (χ0v) is 15.1. The maximum Gasteiger partial charge on any atom is 0.244 e. The number of benzene rings is 2. The standard InChI is InChI=1S/C21H26N2O2/c1-13-8-16-6-4-5-7-20(16)23(12-13)21(25)19(22)11-18-14(2)9-17(24)10-15(18)3/h4-7,9-10,13,19,24H,8,11-12,22H2,1-3H3/t13?,19-/m1/s1. The second kappa shape index (κ2) is 6.89. The number of amides is 1. The van der Waals surface area contributed by atoms with Gasteiger partial charge in [-0.05, 0) is 73.1 Å². The number of hydrogen-bond donors (Lipinski definition) is 2. The molecule has 0 saturated heterocycles. The van der Waals surface area contributed by atoms with Crippen LogP contribution in [0.3, 0.4) is 0 Å². The van der Waals surface area contributed by atoms with Crippen molar-refractivity contribution < 1.29 is 9.90 Å². The van der Waals surface area contributed by atoms with E-state index in [1.165, 1.54) is 5.56 Å². The number of fused-ring (bicyclic) bond motifs is 1. The van der Waals surface area contributed by atoms with Gasteiger partial charge in [0.05, 0.1) is 6.04 Å². The van der Waals surface area contributed by atoms with Crippen LogP contribution < -0.4 is 10.6 Å². The molecule has 2 aromatic rings. The minimum absolute atomic E-state index is 0.0362. The van der Waals surface area contributed by atoms with E-state index in [1.54, 1.807) is 12.1 Å². The Bertz CT molecular complexity index is 777. The summed E-state index contributed by atoms with van der Waals surface area (Å²) < 4.78 is 0. The fourth-order valence-corrected chi connectivity index (χ4v) is 3.81. The number of para-hydroxylation sites is 1. The van der Waals surface area contributed by atoms with Crippen molar-refractivity contribution >= 4 is 11.6 Å². The third-order valence-electron chi connectivity index (χ3n) is 5.03. The Hall–Kier alpha value is -2.33. The van der Waals surface area contributed by atoms with Crippen molar-refractivity contribution in [2.45, 2.75) is 39.7 Å². The Morgan fingerprint density at radius 3 is 2.60 bits per heavy atom. The van der Waals surface area contributed by atoms with Crippen LogP contribution >= 0.6 is 0 Å². The van der Waals surface area contributed by atoms with Crippen molar-refractivity contribution in [2.24, 2.45) is 11.7 Å². The van der Waals surface area contributed by atoms with Gasteiger partial charge in [0.25, 0.3) is 0 Å². The van der Waals surface area contributed by atoms with E-state index in [2.05, 4.69) is 13.0 Å². The molecule has 3 N–H and O–H groups in total. The number of phenolic OH excluding ortho intramolecular Hbond substituents is 1. The van der Waals surface area contributed by atoms with Gasteiger partial charge < -0.3 is 15.7 Å². The fraction of sp³-hybridized carbons (Fsp3) is 0.381. The van der Waals surface area contributed by atoms with Gasteiger partial charge in [0.2, 0.25) is 5.91 Å². The van der Waals surface area contributed by atoms with Crippen LogP contribution in [-0.2, 0) is 17.6 Å². The van der Waals surface area contributed by atoms with Crippen LogP contribution in [0, 0.1) is 19.8 Å². The minimum atomic E-state index is -0.597. The molecule has 1 unspecified atom stereocenters. The van der Waals surface area contributed by atoms with E-state index in [-0.39, 0.29) is 11.7 Å². The molecule has 1 heterocycles. The summed E-state index contributed by atoms with van der Waals surface area (Å²) in [6.45, 7) is 6.75. The van der Waals surface area contributed by atoms with Gasteiger partial charge in [-0.2, -0.15) is 0 Å². The summed E-state index contributed by atoms with van der Waals surface area (Å²) in [5.41, 5.74) is 11.5. The molecule has 4 heteroatoms. The molecule has 1 aliphatic rings. The Kier molecular flexibility index (Phi) is 4.82. The maximum atomic E-state index is 13.1. The topological polar surface area (TPSA) is 66.6 Å². The summed E-state index contributed by atoms with van der Waals surface area (Å²) in [6, 6.07) is 10.9. The molecule has 1 aliphatic heterocycles. The first-order chi connectivity index (χ1) is 11.9. The molecular formula is C21H26N2O2. The lowest BCUT2D eigenvalue weighted by Gasteiger charge is -2.34. The molecule has 0 spiro atoms. The molecule has 0 aliphatic carbocycles. The highest BCUT2D eigenvalue weighted by Gasteiger charge is 2.29. The molecule has 2 atom stereocenters. The lowest BCUT2D eigenvalue weighted by atomic mass is 9.92. The Balaban J connectivity index is 1.84. The van der Waals surface area contributed by atoms with E-state index in [0.717, 1.165) is 28.8 Å². The van der Waals surface area contributed by atoms with Crippen molar-refractivity contribution in [1.82, 2.24) is 0 Å². The van der Waals surface area contributed by atoms with Crippen LogP contribution in [0.1, 0.15) is 29.2 Å². The molecule has 0 radical (unpaired) electrons. The van der Waals surface area contributed by atoms with E-state index >= 15 is 0 Å². The first kappa shape index (κ1) is 17.5. The minimum Gasteiger partial charge on any atom is -0.508 e. The van der Waals surface area contributed by atoms with Gasteiger partial charge in [-0.25, -0.2) is 0 Å². The van der Waals surface area contributed by atoms with E-state index in [4.69, 9.17) is 5.73 Å². The van der Waals surface area contributed by atoms with Crippen LogP contribution in [0.2, 0.25) is 0 Å². The predicted molar refractivity (Wildman–Crippen MR) is 101 cm³/mol. The molecule has 0 bridgehead atoms. The Labute approximate surface area is 149 Å².